The van der Waals surface area contributed by atoms with E-state index in [0.29, 0.717) is 4.75 Å². The first-order valence-electron chi connectivity index (χ1n) is 6.94. The maximum absolute atomic E-state index is 6.02. The number of hydrogen-bond donors (Lipinski definition) is 1. The molecule has 2 aliphatic carbocycles. The van der Waals surface area contributed by atoms with Crippen LogP contribution >= 0.6 is 11.8 Å². The lowest BCUT2D eigenvalue weighted by atomic mass is 9.55. The Morgan fingerprint density at radius 3 is 2.25 bits per heavy atom. The van der Waals surface area contributed by atoms with Gasteiger partial charge in [0.25, 0.3) is 0 Å². The molecule has 0 unspecified atom stereocenters. The lowest BCUT2D eigenvalue weighted by molar-refractivity contribution is 0.0401. The zero-order valence-electron chi connectivity index (χ0n) is 10.9. The Kier molecular flexibility index (Phi) is 3.90. The van der Waals surface area contributed by atoms with E-state index in [0.717, 1.165) is 17.9 Å². The third-order valence-electron chi connectivity index (χ3n) is 4.40. The molecule has 2 aliphatic rings. The number of rotatable bonds is 4. The van der Waals surface area contributed by atoms with Crippen LogP contribution < -0.4 is 5.73 Å². The summed E-state index contributed by atoms with van der Waals surface area (Å²) in [6, 6.07) is 0. The maximum Gasteiger partial charge on any atom is 0.0292 e. The van der Waals surface area contributed by atoms with Crippen molar-refractivity contribution in [2.24, 2.45) is 17.1 Å². The quantitative estimate of drug-likeness (QED) is 0.810. The molecule has 94 valence electrons. The number of nitrogens with two attached hydrogens (primary N) is 1. The Balaban J connectivity index is 1.85. The van der Waals surface area contributed by atoms with Gasteiger partial charge >= 0.3 is 0 Å². The van der Waals surface area contributed by atoms with Crippen LogP contribution in [0.2, 0.25) is 0 Å². The molecule has 0 saturated heterocycles. The Labute approximate surface area is 105 Å². The largest absolute Gasteiger partial charge is 0.329 e. The van der Waals surface area contributed by atoms with Gasteiger partial charge in [0.05, 0.1) is 0 Å². The van der Waals surface area contributed by atoms with Gasteiger partial charge in [0, 0.05) is 11.3 Å². The van der Waals surface area contributed by atoms with Gasteiger partial charge < -0.3 is 5.73 Å². The second-order valence-electron chi connectivity index (χ2n) is 6.51. The van der Waals surface area contributed by atoms with Crippen LogP contribution in [-0.2, 0) is 0 Å². The van der Waals surface area contributed by atoms with Crippen molar-refractivity contribution >= 4 is 11.8 Å². The molecule has 0 aromatic carbocycles. The van der Waals surface area contributed by atoms with E-state index in [9.17, 15) is 0 Å². The first kappa shape index (κ1) is 12.8. The first-order chi connectivity index (χ1) is 7.60. The van der Waals surface area contributed by atoms with Crippen molar-refractivity contribution < 1.29 is 0 Å². The molecular formula is C14H27NS. The van der Waals surface area contributed by atoms with Crippen LogP contribution in [0.3, 0.4) is 0 Å². The smallest absolute Gasteiger partial charge is 0.0292 e. The minimum Gasteiger partial charge on any atom is -0.329 e. The van der Waals surface area contributed by atoms with Gasteiger partial charge in [-0.3, -0.25) is 0 Å². The van der Waals surface area contributed by atoms with Crippen molar-refractivity contribution in [3.05, 3.63) is 0 Å². The van der Waals surface area contributed by atoms with Crippen molar-refractivity contribution in [1.82, 2.24) is 0 Å². The molecule has 0 amide bonds. The van der Waals surface area contributed by atoms with Gasteiger partial charge in [-0.25, -0.2) is 0 Å². The Morgan fingerprint density at radius 1 is 1.12 bits per heavy atom. The SMILES string of the molecule is CC(C)CSC1(CN)CC2(CCCCC2)C1. The zero-order chi connectivity index (χ0) is 11.6. The molecule has 0 aliphatic heterocycles. The highest BCUT2D eigenvalue weighted by atomic mass is 32.2. The predicted molar refractivity (Wildman–Crippen MR) is 73.8 cm³/mol. The average Bonchev–Trinajstić information content (AvgIpc) is 2.24. The molecule has 0 aromatic heterocycles. The van der Waals surface area contributed by atoms with Crippen LogP contribution in [-0.4, -0.2) is 17.0 Å². The summed E-state index contributed by atoms with van der Waals surface area (Å²) in [6.45, 7) is 5.52. The Morgan fingerprint density at radius 2 is 1.75 bits per heavy atom. The van der Waals surface area contributed by atoms with Crippen LogP contribution in [0.1, 0.15) is 58.8 Å². The summed E-state index contributed by atoms with van der Waals surface area (Å²) in [7, 11) is 0. The van der Waals surface area contributed by atoms with Crippen LogP contribution in [0, 0.1) is 11.3 Å². The van der Waals surface area contributed by atoms with Gasteiger partial charge in [0.2, 0.25) is 0 Å². The summed E-state index contributed by atoms with van der Waals surface area (Å²) in [4.78, 5) is 0. The summed E-state index contributed by atoms with van der Waals surface area (Å²) in [5, 5.41) is 0. The van der Waals surface area contributed by atoms with E-state index in [2.05, 4.69) is 25.6 Å². The molecule has 0 aromatic rings. The van der Waals surface area contributed by atoms with E-state index in [4.69, 9.17) is 5.73 Å². The van der Waals surface area contributed by atoms with Crippen molar-refractivity contribution in [2.75, 3.05) is 12.3 Å². The second kappa shape index (κ2) is 4.89. The van der Waals surface area contributed by atoms with Crippen molar-refractivity contribution in [3.8, 4) is 0 Å². The fourth-order valence-corrected chi connectivity index (χ4v) is 5.24. The maximum atomic E-state index is 6.02. The summed E-state index contributed by atoms with van der Waals surface area (Å²) in [5.41, 5.74) is 6.75. The third kappa shape index (κ3) is 2.59. The fourth-order valence-electron chi connectivity index (χ4n) is 3.62. The van der Waals surface area contributed by atoms with E-state index in [1.54, 1.807) is 0 Å². The topological polar surface area (TPSA) is 26.0 Å². The van der Waals surface area contributed by atoms with E-state index in [1.807, 2.05) is 0 Å². The minimum atomic E-state index is 0.460. The molecular weight excluding hydrogens is 214 g/mol. The van der Waals surface area contributed by atoms with Gasteiger partial charge in [0.1, 0.15) is 0 Å². The molecule has 0 bridgehead atoms. The standard InChI is InChI=1S/C14H27NS/c1-12(2)8-16-14(11-15)9-13(10-14)6-4-3-5-7-13/h12H,3-11,15H2,1-2H3. The van der Waals surface area contributed by atoms with Gasteiger partial charge in [-0.1, -0.05) is 33.1 Å². The lowest BCUT2D eigenvalue weighted by Gasteiger charge is -2.58. The Bertz CT molecular complexity index is 223. The molecule has 0 radical (unpaired) electrons. The van der Waals surface area contributed by atoms with Crippen molar-refractivity contribution in [1.29, 1.82) is 0 Å². The molecule has 2 heteroatoms. The van der Waals surface area contributed by atoms with E-state index in [1.165, 1.54) is 50.7 Å². The molecule has 2 rings (SSSR count). The van der Waals surface area contributed by atoms with Gasteiger partial charge in [-0.05, 0) is 42.8 Å². The highest BCUT2D eigenvalue weighted by molar-refractivity contribution is 8.00. The van der Waals surface area contributed by atoms with E-state index >= 15 is 0 Å². The Hall–Kier alpha value is 0.310. The molecule has 2 N–H and O–H groups in total. The predicted octanol–water partition coefficient (Wildman–Crippen LogP) is 3.82. The van der Waals surface area contributed by atoms with Crippen molar-refractivity contribution in [3.63, 3.8) is 0 Å². The molecule has 1 nitrogen and oxygen atoms in total. The molecule has 16 heavy (non-hydrogen) atoms. The number of hydrogen-bond acceptors (Lipinski definition) is 2. The average molecular weight is 241 g/mol. The molecule has 2 saturated carbocycles. The van der Waals surface area contributed by atoms with Crippen LogP contribution in [0.25, 0.3) is 0 Å². The van der Waals surface area contributed by atoms with E-state index < -0.39 is 0 Å². The van der Waals surface area contributed by atoms with Gasteiger partial charge in [-0.15, -0.1) is 0 Å². The molecule has 0 atom stereocenters. The van der Waals surface area contributed by atoms with Gasteiger partial charge in [-0.2, -0.15) is 11.8 Å². The number of thioether (sulfide) groups is 1. The normalized spacial score (nSPS) is 27.0. The van der Waals surface area contributed by atoms with Crippen LogP contribution in [0.15, 0.2) is 0 Å². The first-order valence-corrected chi connectivity index (χ1v) is 7.92. The molecule has 1 spiro atoms. The van der Waals surface area contributed by atoms with Gasteiger partial charge in [0.15, 0.2) is 0 Å². The van der Waals surface area contributed by atoms with Crippen LogP contribution in [0.5, 0.6) is 0 Å². The highest BCUT2D eigenvalue weighted by Crippen LogP contribution is 2.61. The summed E-state index contributed by atoms with van der Waals surface area (Å²) in [5.74, 6) is 2.09. The lowest BCUT2D eigenvalue weighted by Crippen LogP contribution is -2.54. The molecule has 2 fully saturated rings. The second-order valence-corrected chi connectivity index (χ2v) is 7.99. The molecule has 0 heterocycles. The van der Waals surface area contributed by atoms with Crippen molar-refractivity contribution in [2.45, 2.75) is 63.5 Å². The third-order valence-corrected chi connectivity index (χ3v) is 6.30. The minimum absolute atomic E-state index is 0.460. The highest BCUT2D eigenvalue weighted by Gasteiger charge is 2.53. The monoisotopic (exact) mass is 241 g/mol. The zero-order valence-corrected chi connectivity index (χ0v) is 11.7. The summed E-state index contributed by atoms with van der Waals surface area (Å²) >= 11 is 2.16. The van der Waals surface area contributed by atoms with Crippen LogP contribution in [0.4, 0.5) is 0 Å². The van der Waals surface area contributed by atoms with E-state index in [-0.39, 0.29) is 0 Å². The fraction of sp³-hybridized carbons (Fsp3) is 1.00. The summed E-state index contributed by atoms with van der Waals surface area (Å²) < 4.78 is 0.460. The summed E-state index contributed by atoms with van der Waals surface area (Å²) in [6.07, 6.45) is 10.2.